The second kappa shape index (κ2) is 12.4. The van der Waals surface area contributed by atoms with Gasteiger partial charge in [0.1, 0.15) is 23.9 Å². The molecule has 0 spiro atoms. The summed E-state index contributed by atoms with van der Waals surface area (Å²) in [5.41, 5.74) is 10.6. The van der Waals surface area contributed by atoms with Crippen LogP contribution in [0.5, 0.6) is 11.5 Å². The van der Waals surface area contributed by atoms with Crippen molar-refractivity contribution >= 4 is 11.0 Å². The number of nitrogens with one attached hydrogen (secondary N) is 1. The molecule has 0 aliphatic rings. The van der Waals surface area contributed by atoms with Crippen LogP contribution >= 0.6 is 0 Å². The summed E-state index contributed by atoms with van der Waals surface area (Å²) >= 11 is 0. The van der Waals surface area contributed by atoms with Gasteiger partial charge in [-0.2, -0.15) is 0 Å². The van der Waals surface area contributed by atoms with Crippen LogP contribution in [-0.2, 0) is 13.0 Å². The number of fused-ring (bicyclic) bond motifs is 1. The van der Waals surface area contributed by atoms with E-state index in [1.165, 1.54) is 0 Å². The molecule has 0 fully saturated rings. The fourth-order valence-electron chi connectivity index (χ4n) is 4.10. The van der Waals surface area contributed by atoms with Crippen molar-refractivity contribution in [3.63, 3.8) is 0 Å². The van der Waals surface area contributed by atoms with Crippen LogP contribution in [0.1, 0.15) is 43.3 Å². The largest absolute Gasteiger partial charge is 0.493 e. The SMILES string of the molecule is CCN(CC)CCCOc1ccc2[nH]c([C@H](N)Cc3ccc(OCc4ccccc4)cc3)nc2c1. The van der Waals surface area contributed by atoms with Crippen LogP contribution in [0.15, 0.2) is 72.8 Å². The first-order chi connectivity index (χ1) is 17.1. The van der Waals surface area contributed by atoms with Gasteiger partial charge in [0.15, 0.2) is 0 Å². The minimum atomic E-state index is -0.225. The lowest BCUT2D eigenvalue weighted by molar-refractivity contribution is 0.249. The molecule has 0 unspecified atom stereocenters. The van der Waals surface area contributed by atoms with E-state index in [9.17, 15) is 0 Å². The maximum atomic E-state index is 6.49. The van der Waals surface area contributed by atoms with Gasteiger partial charge < -0.3 is 25.1 Å². The zero-order valence-corrected chi connectivity index (χ0v) is 20.7. The molecule has 6 nitrogen and oxygen atoms in total. The molecule has 4 rings (SSSR count). The van der Waals surface area contributed by atoms with Crippen LogP contribution in [0, 0.1) is 0 Å². The third-order valence-corrected chi connectivity index (χ3v) is 6.23. The lowest BCUT2D eigenvalue weighted by Crippen LogP contribution is -2.25. The standard InChI is InChI=1S/C29H36N4O2/c1-3-33(4-2)17-8-18-34-25-15-16-27-28(20-25)32-29(31-27)26(30)19-22-11-13-24(14-12-22)35-21-23-9-6-5-7-10-23/h5-7,9-16,20,26H,3-4,8,17-19,21,30H2,1-2H3,(H,31,32)/t26-/m1/s1. The number of hydrogen-bond donors (Lipinski definition) is 2. The van der Waals surface area contributed by atoms with E-state index >= 15 is 0 Å². The summed E-state index contributed by atoms with van der Waals surface area (Å²) in [6, 6.07) is 24.0. The predicted octanol–water partition coefficient (Wildman–Crippen LogP) is 5.50. The third-order valence-electron chi connectivity index (χ3n) is 6.23. The van der Waals surface area contributed by atoms with Gasteiger partial charge in [-0.1, -0.05) is 56.3 Å². The minimum Gasteiger partial charge on any atom is -0.493 e. The number of benzene rings is 3. The zero-order chi connectivity index (χ0) is 24.5. The fraction of sp³-hybridized carbons (Fsp3) is 0.345. The zero-order valence-electron chi connectivity index (χ0n) is 20.7. The molecule has 184 valence electrons. The van der Waals surface area contributed by atoms with Crippen LogP contribution < -0.4 is 15.2 Å². The smallest absolute Gasteiger partial charge is 0.124 e. The van der Waals surface area contributed by atoms with Gasteiger partial charge in [0.2, 0.25) is 0 Å². The Morgan fingerprint density at radius 2 is 1.63 bits per heavy atom. The highest BCUT2D eigenvalue weighted by Crippen LogP contribution is 2.23. The molecule has 0 aliphatic carbocycles. The van der Waals surface area contributed by atoms with E-state index in [-0.39, 0.29) is 6.04 Å². The predicted molar refractivity (Wildman–Crippen MR) is 142 cm³/mol. The molecule has 1 heterocycles. The quantitative estimate of drug-likeness (QED) is 0.252. The molecular weight excluding hydrogens is 436 g/mol. The van der Waals surface area contributed by atoms with E-state index in [4.69, 9.17) is 20.2 Å². The lowest BCUT2D eigenvalue weighted by atomic mass is 10.1. The average molecular weight is 473 g/mol. The van der Waals surface area contributed by atoms with E-state index in [0.29, 0.717) is 19.6 Å². The third kappa shape index (κ3) is 7.07. The maximum Gasteiger partial charge on any atom is 0.124 e. The van der Waals surface area contributed by atoms with E-state index in [1.807, 2.05) is 48.5 Å². The van der Waals surface area contributed by atoms with Gasteiger partial charge in [-0.05, 0) is 61.3 Å². The summed E-state index contributed by atoms with van der Waals surface area (Å²) in [5, 5.41) is 0. The van der Waals surface area contributed by atoms with Gasteiger partial charge in [-0.15, -0.1) is 0 Å². The number of aromatic nitrogens is 2. The molecule has 3 N–H and O–H groups in total. The van der Waals surface area contributed by atoms with Crippen LogP contribution in [0.2, 0.25) is 0 Å². The van der Waals surface area contributed by atoms with Crippen molar-refractivity contribution in [1.82, 2.24) is 14.9 Å². The topological polar surface area (TPSA) is 76.4 Å². The van der Waals surface area contributed by atoms with Crippen molar-refractivity contribution in [2.45, 2.75) is 39.3 Å². The van der Waals surface area contributed by atoms with Gasteiger partial charge in [-0.25, -0.2) is 4.98 Å². The summed E-state index contributed by atoms with van der Waals surface area (Å²) in [7, 11) is 0. The highest BCUT2D eigenvalue weighted by atomic mass is 16.5. The van der Waals surface area contributed by atoms with Crippen LogP contribution in [0.3, 0.4) is 0 Å². The summed E-state index contributed by atoms with van der Waals surface area (Å²) in [6.45, 7) is 8.83. The second-order valence-corrected chi connectivity index (χ2v) is 8.76. The minimum absolute atomic E-state index is 0.225. The molecule has 0 saturated heterocycles. The average Bonchev–Trinajstić information content (AvgIpc) is 3.33. The lowest BCUT2D eigenvalue weighted by Gasteiger charge is -2.17. The summed E-state index contributed by atoms with van der Waals surface area (Å²) in [5.74, 6) is 2.47. The molecule has 0 radical (unpaired) electrons. The first-order valence-corrected chi connectivity index (χ1v) is 12.5. The van der Waals surface area contributed by atoms with Crippen molar-refractivity contribution in [3.05, 3.63) is 89.7 Å². The monoisotopic (exact) mass is 472 g/mol. The van der Waals surface area contributed by atoms with E-state index in [2.05, 4.69) is 48.0 Å². The van der Waals surface area contributed by atoms with Crippen LogP contribution in [0.25, 0.3) is 11.0 Å². The van der Waals surface area contributed by atoms with Gasteiger partial charge in [-0.3, -0.25) is 0 Å². The van der Waals surface area contributed by atoms with Crippen molar-refractivity contribution in [2.24, 2.45) is 5.73 Å². The molecule has 0 amide bonds. The Labute approximate surface area is 208 Å². The van der Waals surface area contributed by atoms with E-state index < -0.39 is 0 Å². The summed E-state index contributed by atoms with van der Waals surface area (Å²) in [6.07, 6.45) is 1.69. The fourth-order valence-corrected chi connectivity index (χ4v) is 4.10. The number of nitrogens with two attached hydrogens (primary N) is 1. The van der Waals surface area contributed by atoms with E-state index in [1.54, 1.807) is 0 Å². The van der Waals surface area contributed by atoms with Crippen molar-refractivity contribution in [1.29, 1.82) is 0 Å². The van der Waals surface area contributed by atoms with Crippen LogP contribution in [-0.4, -0.2) is 41.1 Å². The number of nitrogens with zero attached hydrogens (tertiary/aromatic N) is 2. The molecule has 1 aromatic heterocycles. The molecule has 4 aromatic rings. The normalized spacial score (nSPS) is 12.2. The number of aromatic amines is 1. The molecule has 0 saturated carbocycles. The molecule has 0 bridgehead atoms. The molecule has 0 aliphatic heterocycles. The van der Waals surface area contributed by atoms with Crippen molar-refractivity contribution < 1.29 is 9.47 Å². The van der Waals surface area contributed by atoms with Crippen molar-refractivity contribution in [3.8, 4) is 11.5 Å². The first kappa shape index (κ1) is 24.8. The molecular formula is C29H36N4O2. The first-order valence-electron chi connectivity index (χ1n) is 12.5. The highest BCUT2D eigenvalue weighted by Gasteiger charge is 2.13. The molecule has 1 atom stereocenters. The van der Waals surface area contributed by atoms with Gasteiger partial charge in [0, 0.05) is 12.6 Å². The Hall–Kier alpha value is -3.35. The van der Waals surface area contributed by atoms with Crippen molar-refractivity contribution in [2.75, 3.05) is 26.2 Å². The Morgan fingerprint density at radius 3 is 2.37 bits per heavy atom. The Bertz CT molecular complexity index is 1170. The van der Waals surface area contributed by atoms with E-state index in [0.717, 1.165) is 65.5 Å². The number of ether oxygens (including phenoxy) is 2. The maximum absolute atomic E-state index is 6.49. The number of imidazole rings is 1. The van der Waals surface area contributed by atoms with Gasteiger partial charge in [0.25, 0.3) is 0 Å². The number of hydrogen-bond acceptors (Lipinski definition) is 5. The Kier molecular flexibility index (Phi) is 8.76. The van der Waals surface area contributed by atoms with Gasteiger partial charge in [0.05, 0.1) is 23.7 Å². The van der Waals surface area contributed by atoms with Gasteiger partial charge >= 0.3 is 0 Å². The Balaban J connectivity index is 1.30. The Morgan fingerprint density at radius 1 is 0.886 bits per heavy atom. The summed E-state index contributed by atoms with van der Waals surface area (Å²) < 4.78 is 11.8. The molecule has 35 heavy (non-hydrogen) atoms. The number of H-pyrrole nitrogens is 1. The highest BCUT2D eigenvalue weighted by molar-refractivity contribution is 5.76. The summed E-state index contributed by atoms with van der Waals surface area (Å²) in [4.78, 5) is 10.5. The molecule has 6 heteroatoms. The van der Waals surface area contributed by atoms with Crippen LogP contribution in [0.4, 0.5) is 0 Å². The second-order valence-electron chi connectivity index (χ2n) is 8.76. The number of rotatable bonds is 13. The molecule has 3 aromatic carbocycles.